The Morgan fingerprint density at radius 2 is 0.857 bits per heavy atom. The predicted molar refractivity (Wildman–Crippen MR) is 209 cm³/mol. The SMILES string of the molecule is NCCOCCOCCNc1ccc2c3c1C(=O)N(CCOCCOCCN1C(=O)c4c(NCCOCCOCCN)ccc5c4C(=O)C1C=C5)C(C=C2)C3=O. The van der Waals surface area contributed by atoms with Gasteiger partial charge in [-0.1, -0.05) is 36.4 Å². The Balaban J connectivity index is 0.936. The van der Waals surface area contributed by atoms with E-state index in [2.05, 4.69) is 10.6 Å². The fourth-order valence-corrected chi connectivity index (χ4v) is 7.13. The van der Waals surface area contributed by atoms with Gasteiger partial charge >= 0.3 is 0 Å². The summed E-state index contributed by atoms with van der Waals surface area (Å²) in [6, 6.07) is 5.94. The lowest BCUT2D eigenvalue weighted by molar-refractivity contribution is 0.0232. The Morgan fingerprint density at radius 3 is 1.25 bits per heavy atom. The molecule has 0 spiro atoms. The molecule has 2 atom stereocenters. The largest absolute Gasteiger partial charge is 0.382 e. The van der Waals surface area contributed by atoms with E-state index in [1.54, 1.807) is 12.2 Å². The van der Waals surface area contributed by atoms with Crippen LogP contribution in [0.2, 0.25) is 0 Å². The van der Waals surface area contributed by atoms with Crippen molar-refractivity contribution in [3.63, 3.8) is 0 Å². The zero-order valence-corrected chi connectivity index (χ0v) is 31.6. The number of ether oxygens (including phenoxy) is 6. The molecule has 16 nitrogen and oxygen atoms in total. The summed E-state index contributed by atoms with van der Waals surface area (Å²) in [5.41, 5.74) is 15.1. The molecular formula is C40H52N6O10. The fraction of sp³-hybridized carbons (Fsp3) is 0.500. The lowest BCUT2D eigenvalue weighted by atomic mass is 9.83. The molecule has 2 aromatic carbocycles. The smallest absolute Gasteiger partial charge is 0.257 e. The third-order valence-electron chi connectivity index (χ3n) is 9.76. The minimum absolute atomic E-state index is 0.119. The third-order valence-corrected chi connectivity index (χ3v) is 9.76. The molecule has 2 heterocycles. The average Bonchev–Trinajstić information content (AvgIpc) is 3.20. The van der Waals surface area contributed by atoms with Gasteiger partial charge in [-0.3, -0.25) is 19.2 Å². The predicted octanol–water partition coefficient (Wildman–Crippen LogP) is 1.30. The van der Waals surface area contributed by atoms with E-state index in [0.29, 0.717) is 113 Å². The van der Waals surface area contributed by atoms with Crippen LogP contribution >= 0.6 is 0 Å². The van der Waals surface area contributed by atoms with Crippen molar-refractivity contribution in [1.82, 2.24) is 9.80 Å². The highest BCUT2D eigenvalue weighted by atomic mass is 16.5. The van der Waals surface area contributed by atoms with Gasteiger partial charge in [0.2, 0.25) is 0 Å². The number of amides is 2. The van der Waals surface area contributed by atoms with Crippen molar-refractivity contribution >= 4 is 46.9 Å². The number of nitrogens with zero attached hydrogens (tertiary/aromatic N) is 2. The Labute approximate surface area is 326 Å². The molecule has 6 N–H and O–H groups in total. The van der Waals surface area contributed by atoms with Crippen molar-refractivity contribution in [3.8, 4) is 0 Å². The molecule has 4 bridgehead atoms. The summed E-state index contributed by atoms with van der Waals surface area (Å²) in [6.45, 7) is 6.60. The van der Waals surface area contributed by atoms with Crippen LogP contribution in [-0.2, 0) is 28.4 Å². The van der Waals surface area contributed by atoms with Gasteiger partial charge in [-0.05, 0) is 23.3 Å². The van der Waals surface area contributed by atoms with Crippen molar-refractivity contribution in [2.45, 2.75) is 12.1 Å². The molecule has 0 radical (unpaired) electrons. The number of anilines is 2. The second-order valence-corrected chi connectivity index (χ2v) is 13.3. The standard InChI is InChI=1S/C40H52N6O10/c41-9-15-51-21-23-53-17-11-43-29-5-1-27-3-7-31-37(47)33(27)35(29)39(49)45(31)13-19-55-25-26-56-20-14-46-32-8-4-28-2-6-30(36(40(46)50)34(28)38(32)48)44-12-18-54-24-22-52-16-10-42/h1-8,31-32,43-44H,9-26,41-42H2. The molecule has 0 saturated heterocycles. The number of benzene rings is 2. The van der Waals surface area contributed by atoms with E-state index in [4.69, 9.17) is 39.9 Å². The number of hydrogen-bond acceptors (Lipinski definition) is 14. The number of carbonyl (C=O) groups is 4. The molecule has 2 aliphatic heterocycles. The van der Waals surface area contributed by atoms with Gasteiger partial charge in [-0.25, -0.2) is 0 Å². The number of Topliss-reactive ketones (excluding diaryl/α,β-unsaturated/α-hetero) is 2. The molecule has 2 aromatic rings. The van der Waals surface area contributed by atoms with Crippen LogP contribution in [0.4, 0.5) is 11.4 Å². The topological polar surface area (TPSA) is 206 Å². The lowest BCUT2D eigenvalue weighted by Gasteiger charge is -2.37. The van der Waals surface area contributed by atoms with E-state index in [1.165, 1.54) is 9.80 Å². The van der Waals surface area contributed by atoms with Crippen LogP contribution in [0.5, 0.6) is 0 Å². The highest BCUT2D eigenvalue weighted by molar-refractivity contribution is 6.22. The van der Waals surface area contributed by atoms with Gasteiger partial charge in [0.1, 0.15) is 12.1 Å². The maximum Gasteiger partial charge on any atom is 0.257 e. The monoisotopic (exact) mass is 776 g/mol. The zero-order chi connectivity index (χ0) is 39.3. The molecule has 2 amide bonds. The first kappa shape index (κ1) is 41.1. The second-order valence-electron chi connectivity index (χ2n) is 13.3. The molecule has 2 unspecified atom stereocenters. The first-order valence-corrected chi connectivity index (χ1v) is 19.2. The summed E-state index contributed by atoms with van der Waals surface area (Å²) < 4.78 is 33.4. The summed E-state index contributed by atoms with van der Waals surface area (Å²) in [5.74, 6) is -0.716. The molecular weight excluding hydrogens is 724 g/mol. The van der Waals surface area contributed by atoms with Gasteiger partial charge in [-0.2, -0.15) is 0 Å². The third kappa shape index (κ3) is 9.53. The summed E-state index contributed by atoms with van der Waals surface area (Å²) in [6.07, 6.45) is 7.27. The maximum absolute atomic E-state index is 13.8. The highest BCUT2D eigenvalue weighted by Crippen LogP contribution is 2.37. The number of fused-ring (bicyclic) bond motifs is 2. The Morgan fingerprint density at radius 1 is 0.482 bits per heavy atom. The average molecular weight is 777 g/mol. The van der Waals surface area contributed by atoms with Crippen LogP contribution in [0, 0.1) is 0 Å². The Hall–Kier alpha value is -4.52. The fourth-order valence-electron chi connectivity index (χ4n) is 7.13. The maximum atomic E-state index is 13.8. The first-order valence-electron chi connectivity index (χ1n) is 19.2. The Kier molecular flexibility index (Phi) is 15.1. The number of rotatable bonds is 27. The normalized spacial score (nSPS) is 17.7. The second kappa shape index (κ2) is 20.6. The van der Waals surface area contributed by atoms with E-state index in [-0.39, 0.29) is 62.9 Å². The Bertz CT molecular complexity index is 1660. The van der Waals surface area contributed by atoms with Crippen molar-refractivity contribution < 1.29 is 47.6 Å². The van der Waals surface area contributed by atoms with Crippen LogP contribution in [-0.4, -0.2) is 164 Å². The molecule has 0 saturated carbocycles. The van der Waals surface area contributed by atoms with Crippen LogP contribution < -0.4 is 22.1 Å². The van der Waals surface area contributed by atoms with E-state index < -0.39 is 12.1 Å². The van der Waals surface area contributed by atoms with Crippen LogP contribution in [0.15, 0.2) is 36.4 Å². The first-order chi connectivity index (χ1) is 27.5. The quantitative estimate of drug-likeness (QED) is 0.0945. The molecule has 0 fully saturated rings. The molecule has 302 valence electrons. The van der Waals surface area contributed by atoms with E-state index >= 15 is 0 Å². The number of hydrogen-bond donors (Lipinski definition) is 4. The summed E-state index contributed by atoms with van der Waals surface area (Å²) in [4.78, 5) is 57.6. The van der Waals surface area contributed by atoms with Gasteiger partial charge in [-0.15, -0.1) is 0 Å². The van der Waals surface area contributed by atoms with E-state index in [1.807, 2.05) is 36.4 Å². The number of nitrogens with one attached hydrogen (secondary N) is 2. The van der Waals surface area contributed by atoms with E-state index in [0.717, 1.165) is 11.1 Å². The zero-order valence-electron chi connectivity index (χ0n) is 31.6. The molecule has 6 rings (SSSR count). The van der Waals surface area contributed by atoms with Gasteiger partial charge in [0.25, 0.3) is 11.8 Å². The minimum Gasteiger partial charge on any atom is -0.382 e. The molecule has 0 aromatic heterocycles. The summed E-state index contributed by atoms with van der Waals surface area (Å²) in [7, 11) is 0. The summed E-state index contributed by atoms with van der Waals surface area (Å²) >= 11 is 0. The van der Waals surface area contributed by atoms with Gasteiger partial charge in [0.15, 0.2) is 11.6 Å². The highest BCUT2D eigenvalue weighted by Gasteiger charge is 2.43. The minimum atomic E-state index is -0.690. The molecule has 56 heavy (non-hydrogen) atoms. The van der Waals surface area contributed by atoms with Crippen molar-refractivity contribution in [1.29, 1.82) is 0 Å². The molecule has 4 aliphatic rings. The van der Waals surface area contributed by atoms with Crippen LogP contribution in [0.3, 0.4) is 0 Å². The number of carbonyl (C=O) groups excluding carboxylic acids is 4. The number of ketones is 2. The number of nitrogens with two attached hydrogens (primary N) is 2. The van der Waals surface area contributed by atoms with Crippen molar-refractivity contribution in [2.24, 2.45) is 11.5 Å². The lowest BCUT2D eigenvalue weighted by Crippen LogP contribution is -2.51. The van der Waals surface area contributed by atoms with Crippen LogP contribution in [0.1, 0.15) is 52.6 Å². The summed E-state index contributed by atoms with van der Waals surface area (Å²) in [5, 5.41) is 6.51. The van der Waals surface area contributed by atoms with E-state index in [9.17, 15) is 19.2 Å². The van der Waals surface area contributed by atoms with Crippen molar-refractivity contribution in [2.75, 3.05) is 129 Å². The van der Waals surface area contributed by atoms with Gasteiger partial charge in [0.05, 0.1) is 90.4 Å². The molecule has 2 aliphatic carbocycles. The van der Waals surface area contributed by atoms with Gasteiger partial charge < -0.3 is 60.3 Å². The van der Waals surface area contributed by atoms with Crippen molar-refractivity contribution in [3.05, 3.63) is 69.8 Å². The van der Waals surface area contributed by atoms with Gasteiger partial charge in [0, 0.05) is 61.8 Å². The van der Waals surface area contributed by atoms with Crippen LogP contribution in [0.25, 0.3) is 12.2 Å². The molecule has 16 heteroatoms.